The molecular weight excluding hydrogens is 256 g/mol. The number of likely N-dealkylation sites (N-methyl/N-ethyl adjacent to an activating group) is 1. The molecule has 1 N–H and O–H groups in total. The second kappa shape index (κ2) is 5.64. The van der Waals surface area contributed by atoms with Gasteiger partial charge in [0.15, 0.2) is 0 Å². The van der Waals surface area contributed by atoms with Crippen LogP contribution in [0, 0.1) is 17.8 Å². The van der Waals surface area contributed by atoms with E-state index in [9.17, 15) is 0 Å². The summed E-state index contributed by atoms with van der Waals surface area (Å²) < 4.78 is 0. The lowest BCUT2D eigenvalue weighted by Crippen LogP contribution is -2.32. The zero-order valence-corrected chi connectivity index (χ0v) is 14.0. The summed E-state index contributed by atoms with van der Waals surface area (Å²) in [6.07, 6.45) is 12.0. The van der Waals surface area contributed by atoms with Gasteiger partial charge in [-0.3, -0.25) is 0 Å². The monoisotopic (exact) mass is 286 g/mol. The highest BCUT2D eigenvalue weighted by atomic mass is 15.1. The Morgan fingerprint density at radius 2 is 2.19 bits per heavy atom. The van der Waals surface area contributed by atoms with Crippen molar-refractivity contribution in [2.24, 2.45) is 17.8 Å². The van der Waals surface area contributed by atoms with E-state index in [2.05, 4.69) is 62.2 Å². The van der Waals surface area contributed by atoms with Gasteiger partial charge in [-0.25, -0.2) is 0 Å². The third-order valence-electron chi connectivity index (χ3n) is 5.88. The fraction of sp³-hybridized carbons (Fsp3) is 0.684. The summed E-state index contributed by atoms with van der Waals surface area (Å²) in [7, 11) is 0. The van der Waals surface area contributed by atoms with Crippen LogP contribution in [0.2, 0.25) is 0 Å². The van der Waals surface area contributed by atoms with Crippen molar-refractivity contribution >= 4 is 0 Å². The Hall–Kier alpha value is -1.02. The standard InChI is InChI=1S/C19H30N2/c1-5-12-21(6-2)17-9-7-8-16-10-11-20-19(16)15(4)18(19)14(3)13-17/h7-9,13,15-16,18,20H,5-6,10-12H2,1-4H3. The van der Waals surface area contributed by atoms with E-state index in [1.807, 2.05) is 0 Å². The number of rotatable bonds is 4. The van der Waals surface area contributed by atoms with Gasteiger partial charge < -0.3 is 10.2 Å². The third-order valence-corrected chi connectivity index (χ3v) is 5.88. The predicted octanol–water partition coefficient (Wildman–Crippen LogP) is 3.73. The Morgan fingerprint density at radius 1 is 1.38 bits per heavy atom. The molecule has 4 atom stereocenters. The molecule has 0 radical (unpaired) electrons. The van der Waals surface area contributed by atoms with E-state index in [1.54, 1.807) is 5.57 Å². The molecule has 116 valence electrons. The molecule has 0 aromatic heterocycles. The van der Waals surface area contributed by atoms with Crippen molar-refractivity contribution in [3.05, 3.63) is 35.6 Å². The minimum atomic E-state index is 0.363. The van der Waals surface area contributed by atoms with Crippen LogP contribution < -0.4 is 5.32 Å². The van der Waals surface area contributed by atoms with Gasteiger partial charge in [0.1, 0.15) is 0 Å². The molecule has 0 bridgehead atoms. The third kappa shape index (κ3) is 2.28. The van der Waals surface area contributed by atoms with E-state index in [0.717, 1.165) is 24.9 Å². The topological polar surface area (TPSA) is 15.3 Å². The van der Waals surface area contributed by atoms with Crippen LogP contribution >= 0.6 is 0 Å². The maximum atomic E-state index is 3.84. The molecule has 2 fully saturated rings. The van der Waals surface area contributed by atoms with Crippen molar-refractivity contribution in [3.63, 3.8) is 0 Å². The highest BCUT2D eigenvalue weighted by Gasteiger charge is 2.67. The van der Waals surface area contributed by atoms with Crippen LogP contribution in [0.5, 0.6) is 0 Å². The van der Waals surface area contributed by atoms with Crippen molar-refractivity contribution in [1.29, 1.82) is 0 Å². The first-order valence-electron chi connectivity index (χ1n) is 8.71. The Bertz CT molecular complexity index is 488. The SMILES string of the molecule is CCCN(CC)C1=CC=CC2CCNC23C(C)C3C(C)=C1. The largest absolute Gasteiger partial charge is 0.372 e. The van der Waals surface area contributed by atoms with Gasteiger partial charge in [0, 0.05) is 30.2 Å². The van der Waals surface area contributed by atoms with Gasteiger partial charge in [-0.05, 0) is 57.2 Å². The smallest absolute Gasteiger partial charge is 0.0365 e. The summed E-state index contributed by atoms with van der Waals surface area (Å²) in [6.45, 7) is 12.7. The summed E-state index contributed by atoms with van der Waals surface area (Å²) in [4.78, 5) is 2.50. The van der Waals surface area contributed by atoms with Crippen LogP contribution in [0.3, 0.4) is 0 Å². The average molecular weight is 286 g/mol. The summed E-state index contributed by atoms with van der Waals surface area (Å²) in [5.41, 5.74) is 3.32. The highest BCUT2D eigenvalue weighted by Crippen LogP contribution is 2.61. The number of nitrogens with one attached hydrogen (secondary N) is 1. The number of nitrogens with zero attached hydrogens (tertiary/aromatic N) is 1. The first kappa shape index (κ1) is 14.9. The lowest BCUT2D eigenvalue weighted by molar-refractivity contribution is 0.373. The molecule has 3 rings (SSSR count). The lowest BCUT2D eigenvalue weighted by Gasteiger charge is -2.24. The maximum absolute atomic E-state index is 3.84. The molecule has 2 nitrogen and oxygen atoms in total. The van der Waals surface area contributed by atoms with Crippen molar-refractivity contribution in [2.45, 2.75) is 46.1 Å². The normalized spacial score (nSPS) is 37.6. The quantitative estimate of drug-likeness (QED) is 0.847. The summed E-state index contributed by atoms with van der Waals surface area (Å²) in [6, 6.07) is 0. The van der Waals surface area contributed by atoms with Gasteiger partial charge in [-0.1, -0.05) is 31.6 Å². The van der Waals surface area contributed by atoms with Crippen molar-refractivity contribution in [2.75, 3.05) is 19.6 Å². The van der Waals surface area contributed by atoms with Crippen LogP contribution in [0.4, 0.5) is 0 Å². The van der Waals surface area contributed by atoms with Gasteiger partial charge in [0.2, 0.25) is 0 Å². The van der Waals surface area contributed by atoms with E-state index in [4.69, 9.17) is 0 Å². The molecule has 1 saturated heterocycles. The zero-order chi connectivity index (χ0) is 15.0. The van der Waals surface area contributed by atoms with Crippen LogP contribution in [0.25, 0.3) is 0 Å². The Labute approximate surface area is 130 Å². The zero-order valence-electron chi connectivity index (χ0n) is 14.0. The molecule has 2 aliphatic carbocycles. The molecule has 0 amide bonds. The summed E-state index contributed by atoms with van der Waals surface area (Å²) in [5, 5.41) is 3.84. The highest BCUT2D eigenvalue weighted by molar-refractivity contribution is 5.40. The molecule has 1 heterocycles. The fourth-order valence-electron chi connectivity index (χ4n) is 4.86. The van der Waals surface area contributed by atoms with Crippen LogP contribution in [-0.2, 0) is 0 Å². The molecular formula is C19H30N2. The van der Waals surface area contributed by atoms with E-state index >= 15 is 0 Å². The molecule has 2 heteroatoms. The van der Waals surface area contributed by atoms with Crippen LogP contribution in [-0.4, -0.2) is 30.1 Å². The molecule has 3 aliphatic rings. The second-order valence-corrected chi connectivity index (χ2v) is 6.97. The molecule has 0 aromatic carbocycles. The molecule has 4 unspecified atom stereocenters. The van der Waals surface area contributed by atoms with Crippen molar-refractivity contribution < 1.29 is 0 Å². The van der Waals surface area contributed by atoms with Gasteiger partial charge in [0.25, 0.3) is 0 Å². The van der Waals surface area contributed by atoms with Crippen molar-refractivity contribution in [1.82, 2.24) is 10.2 Å². The summed E-state index contributed by atoms with van der Waals surface area (Å²) >= 11 is 0. The minimum Gasteiger partial charge on any atom is -0.372 e. The van der Waals surface area contributed by atoms with E-state index in [1.165, 1.54) is 25.1 Å². The van der Waals surface area contributed by atoms with E-state index < -0.39 is 0 Å². The molecule has 1 saturated carbocycles. The molecule has 1 aliphatic heterocycles. The maximum Gasteiger partial charge on any atom is 0.0365 e. The number of hydrogen-bond donors (Lipinski definition) is 1. The fourth-order valence-corrected chi connectivity index (χ4v) is 4.86. The Morgan fingerprint density at radius 3 is 2.90 bits per heavy atom. The number of allylic oxidation sites excluding steroid dienone is 3. The Kier molecular flexibility index (Phi) is 4.00. The summed E-state index contributed by atoms with van der Waals surface area (Å²) in [5.74, 6) is 2.20. The van der Waals surface area contributed by atoms with Crippen molar-refractivity contribution in [3.8, 4) is 0 Å². The lowest BCUT2D eigenvalue weighted by atomic mass is 9.93. The predicted molar refractivity (Wildman–Crippen MR) is 90.0 cm³/mol. The van der Waals surface area contributed by atoms with Gasteiger partial charge in [0.05, 0.1) is 0 Å². The molecule has 0 aromatic rings. The van der Waals surface area contributed by atoms with Crippen LogP contribution in [0.15, 0.2) is 35.6 Å². The van der Waals surface area contributed by atoms with Gasteiger partial charge in [-0.2, -0.15) is 0 Å². The number of hydrogen-bond acceptors (Lipinski definition) is 2. The van der Waals surface area contributed by atoms with Gasteiger partial charge in [-0.15, -0.1) is 0 Å². The van der Waals surface area contributed by atoms with Gasteiger partial charge >= 0.3 is 0 Å². The van der Waals surface area contributed by atoms with E-state index in [0.29, 0.717) is 11.5 Å². The Balaban J connectivity index is 1.93. The second-order valence-electron chi connectivity index (χ2n) is 6.97. The minimum absolute atomic E-state index is 0.363. The molecule has 21 heavy (non-hydrogen) atoms. The van der Waals surface area contributed by atoms with Crippen LogP contribution in [0.1, 0.15) is 40.5 Å². The first-order valence-corrected chi connectivity index (χ1v) is 8.71. The van der Waals surface area contributed by atoms with E-state index in [-0.39, 0.29) is 0 Å². The molecule has 1 spiro atoms. The first-order chi connectivity index (χ1) is 10.1. The average Bonchev–Trinajstić information content (AvgIpc) is 2.83.